The summed E-state index contributed by atoms with van der Waals surface area (Å²) in [6.45, 7) is 6.98. The summed E-state index contributed by atoms with van der Waals surface area (Å²) in [4.78, 5) is 11.7. The lowest BCUT2D eigenvalue weighted by Crippen LogP contribution is -2.55. The highest BCUT2D eigenvalue weighted by Gasteiger charge is 2.55. The van der Waals surface area contributed by atoms with E-state index in [4.69, 9.17) is 4.74 Å². The van der Waals surface area contributed by atoms with E-state index in [1.54, 1.807) is 0 Å². The van der Waals surface area contributed by atoms with E-state index < -0.39 is 11.5 Å². The lowest BCUT2D eigenvalue weighted by Gasteiger charge is -2.57. The Labute approximate surface area is 144 Å². The molecule has 0 spiro atoms. The van der Waals surface area contributed by atoms with Gasteiger partial charge < -0.3 is 14.9 Å². The van der Waals surface area contributed by atoms with Crippen molar-refractivity contribution in [1.29, 1.82) is 0 Å². The number of allylic oxidation sites excluding steroid dienone is 2. The third-order valence-corrected chi connectivity index (χ3v) is 7.07. The molecule has 0 amide bonds. The van der Waals surface area contributed by atoms with Crippen molar-refractivity contribution in [3.05, 3.63) is 22.8 Å². The summed E-state index contributed by atoms with van der Waals surface area (Å²) in [5.41, 5.74) is 3.22. The summed E-state index contributed by atoms with van der Waals surface area (Å²) >= 11 is 0. The zero-order valence-corrected chi connectivity index (χ0v) is 15.1. The maximum absolute atomic E-state index is 11.7. The third kappa shape index (κ3) is 2.64. The number of aliphatic hydroxyl groups is 2. The molecule has 0 radical (unpaired) electrons. The second-order valence-electron chi connectivity index (χ2n) is 8.31. The van der Waals surface area contributed by atoms with E-state index in [0.717, 1.165) is 44.1 Å². The predicted molar refractivity (Wildman–Crippen MR) is 92.2 cm³/mol. The Kier molecular flexibility index (Phi) is 4.65. The average molecular weight is 334 g/mol. The lowest BCUT2D eigenvalue weighted by atomic mass is 9.48. The van der Waals surface area contributed by atoms with Crippen LogP contribution < -0.4 is 0 Å². The molecule has 1 saturated carbocycles. The average Bonchev–Trinajstić information content (AvgIpc) is 2.96. The number of aliphatic hydroxyl groups excluding tert-OH is 2. The number of rotatable bonds is 4. The maximum atomic E-state index is 11.7. The minimum atomic E-state index is -0.440. The Balaban J connectivity index is 1.86. The molecule has 0 saturated heterocycles. The van der Waals surface area contributed by atoms with Crippen LogP contribution in [0.2, 0.25) is 0 Å². The second kappa shape index (κ2) is 6.30. The molecule has 0 bridgehead atoms. The zero-order valence-electron chi connectivity index (χ0n) is 15.1. The molecule has 0 aromatic rings. The molecule has 2 N–H and O–H groups in total. The number of ether oxygens (including phenoxy) is 1. The van der Waals surface area contributed by atoms with E-state index in [1.807, 2.05) is 13.0 Å². The van der Waals surface area contributed by atoms with Crippen LogP contribution in [0.15, 0.2) is 22.8 Å². The van der Waals surface area contributed by atoms with Crippen molar-refractivity contribution in [2.75, 3.05) is 13.2 Å². The van der Waals surface area contributed by atoms with Crippen molar-refractivity contribution in [1.82, 2.24) is 0 Å². The van der Waals surface area contributed by atoms with Crippen LogP contribution in [0, 0.1) is 16.7 Å². The van der Waals surface area contributed by atoms with Crippen LogP contribution in [0.5, 0.6) is 0 Å². The minimum absolute atomic E-state index is 0.00210. The normalized spacial score (nSPS) is 39.5. The summed E-state index contributed by atoms with van der Waals surface area (Å²) in [6, 6.07) is 0. The molecule has 4 atom stereocenters. The number of esters is 1. The molecule has 2 aliphatic carbocycles. The van der Waals surface area contributed by atoms with E-state index in [1.165, 1.54) is 11.1 Å². The van der Waals surface area contributed by atoms with Crippen molar-refractivity contribution >= 4 is 5.97 Å². The highest BCUT2D eigenvalue weighted by Crippen LogP contribution is 2.60. The monoisotopic (exact) mass is 334 g/mol. The van der Waals surface area contributed by atoms with Crippen LogP contribution >= 0.6 is 0 Å². The molecule has 4 heteroatoms. The lowest BCUT2D eigenvalue weighted by molar-refractivity contribution is -0.136. The van der Waals surface area contributed by atoms with Crippen molar-refractivity contribution in [2.45, 2.75) is 65.4 Å². The van der Waals surface area contributed by atoms with Gasteiger partial charge in [0.25, 0.3) is 0 Å². The molecule has 0 aromatic heterocycles. The summed E-state index contributed by atoms with van der Waals surface area (Å²) in [6.07, 6.45) is 6.77. The summed E-state index contributed by atoms with van der Waals surface area (Å²) in [7, 11) is 0. The van der Waals surface area contributed by atoms with E-state index in [9.17, 15) is 15.0 Å². The Hall–Kier alpha value is -1.13. The van der Waals surface area contributed by atoms with Crippen LogP contribution in [-0.4, -0.2) is 35.5 Å². The standard InChI is InChI=1S/C20H30O4/c1-13-4-7-16-19(2,10-8-17(22)20(16,3)12-21)15(13)6-5-14-9-11-24-18(14)23/h9,16-17,21-22H,4-8,10-12H2,1-3H3/t16-,17+,19-,20-/m0/s1. The first-order chi connectivity index (χ1) is 11.3. The minimum Gasteiger partial charge on any atom is -0.458 e. The summed E-state index contributed by atoms with van der Waals surface area (Å²) in [5.74, 6) is 0.104. The van der Waals surface area contributed by atoms with Crippen molar-refractivity contribution in [3.8, 4) is 0 Å². The van der Waals surface area contributed by atoms with Crippen LogP contribution in [0.1, 0.15) is 59.3 Å². The van der Waals surface area contributed by atoms with Crippen molar-refractivity contribution in [3.63, 3.8) is 0 Å². The van der Waals surface area contributed by atoms with Gasteiger partial charge in [0.1, 0.15) is 6.61 Å². The van der Waals surface area contributed by atoms with Crippen molar-refractivity contribution < 1.29 is 19.7 Å². The van der Waals surface area contributed by atoms with Gasteiger partial charge in [0.05, 0.1) is 12.7 Å². The number of cyclic esters (lactones) is 1. The van der Waals surface area contributed by atoms with Crippen LogP contribution in [0.3, 0.4) is 0 Å². The first kappa shape index (κ1) is 17.7. The van der Waals surface area contributed by atoms with Gasteiger partial charge in [-0.3, -0.25) is 0 Å². The van der Waals surface area contributed by atoms with Crippen LogP contribution in [0.25, 0.3) is 0 Å². The molecule has 134 valence electrons. The Morgan fingerprint density at radius 2 is 2.04 bits per heavy atom. The molecular formula is C20H30O4. The molecule has 4 nitrogen and oxygen atoms in total. The fourth-order valence-electron chi connectivity index (χ4n) is 5.48. The molecule has 1 heterocycles. The van der Waals surface area contributed by atoms with Crippen LogP contribution in [0.4, 0.5) is 0 Å². The van der Waals surface area contributed by atoms with E-state index in [2.05, 4.69) is 13.8 Å². The predicted octanol–water partition coefficient (Wildman–Crippen LogP) is 3.14. The molecule has 1 aliphatic heterocycles. The van der Waals surface area contributed by atoms with Gasteiger partial charge in [-0.25, -0.2) is 4.79 Å². The summed E-state index contributed by atoms with van der Waals surface area (Å²) in [5, 5.41) is 20.5. The van der Waals surface area contributed by atoms with E-state index in [0.29, 0.717) is 6.61 Å². The highest BCUT2D eigenvalue weighted by molar-refractivity contribution is 5.90. The molecule has 0 unspecified atom stereocenters. The first-order valence-corrected chi connectivity index (χ1v) is 9.17. The van der Waals surface area contributed by atoms with Crippen molar-refractivity contribution in [2.24, 2.45) is 16.7 Å². The largest absolute Gasteiger partial charge is 0.458 e. The SMILES string of the molecule is CC1=C(CCC2=CCOC2=O)[C@]2(C)CC[C@@H](O)[C@@](C)(CO)[C@H]2CC1. The van der Waals surface area contributed by atoms with Gasteiger partial charge >= 0.3 is 5.97 Å². The number of hydrogen-bond donors (Lipinski definition) is 2. The van der Waals surface area contributed by atoms with Crippen LogP contribution in [-0.2, 0) is 9.53 Å². The quantitative estimate of drug-likeness (QED) is 0.612. The summed E-state index contributed by atoms with van der Waals surface area (Å²) < 4.78 is 5.01. The Bertz CT molecular complexity index is 590. The van der Waals surface area contributed by atoms with Gasteiger partial charge in [0.15, 0.2) is 0 Å². The maximum Gasteiger partial charge on any atom is 0.334 e. The molecule has 3 rings (SSSR count). The Morgan fingerprint density at radius 1 is 1.29 bits per heavy atom. The highest BCUT2D eigenvalue weighted by atomic mass is 16.5. The second-order valence-corrected chi connectivity index (χ2v) is 8.31. The van der Waals surface area contributed by atoms with Gasteiger partial charge in [-0.1, -0.05) is 25.0 Å². The fourth-order valence-corrected chi connectivity index (χ4v) is 5.48. The van der Waals surface area contributed by atoms with Gasteiger partial charge in [-0.2, -0.15) is 0 Å². The van der Waals surface area contributed by atoms with E-state index >= 15 is 0 Å². The van der Waals surface area contributed by atoms with Gasteiger partial charge in [0.2, 0.25) is 0 Å². The topological polar surface area (TPSA) is 66.8 Å². The smallest absolute Gasteiger partial charge is 0.334 e. The van der Waals surface area contributed by atoms with E-state index in [-0.39, 0.29) is 23.9 Å². The zero-order chi connectivity index (χ0) is 17.5. The fraction of sp³-hybridized carbons (Fsp3) is 0.750. The molecule has 1 fully saturated rings. The molecule has 0 aromatic carbocycles. The number of hydrogen-bond acceptors (Lipinski definition) is 4. The number of carbonyl (C=O) groups excluding carboxylic acids is 1. The van der Waals surface area contributed by atoms with Gasteiger partial charge in [-0.05, 0) is 62.9 Å². The van der Waals surface area contributed by atoms with Gasteiger partial charge in [-0.15, -0.1) is 0 Å². The Morgan fingerprint density at radius 3 is 2.67 bits per heavy atom. The number of carbonyl (C=O) groups is 1. The molecular weight excluding hydrogens is 304 g/mol. The molecule has 24 heavy (non-hydrogen) atoms. The number of fused-ring (bicyclic) bond motifs is 1. The first-order valence-electron chi connectivity index (χ1n) is 9.17. The third-order valence-electron chi connectivity index (χ3n) is 7.07. The molecule has 3 aliphatic rings. The van der Waals surface area contributed by atoms with Gasteiger partial charge in [0, 0.05) is 11.0 Å².